The van der Waals surface area contributed by atoms with E-state index < -0.39 is 0 Å². The van der Waals surface area contributed by atoms with Crippen molar-refractivity contribution in [3.8, 4) is 5.75 Å². The lowest BCUT2D eigenvalue weighted by Crippen LogP contribution is -2.29. The molecule has 0 aromatic heterocycles. The predicted molar refractivity (Wildman–Crippen MR) is 78.2 cm³/mol. The molecule has 0 saturated heterocycles. The van der Waals surface area contributed by atoms with Crippen molar-refractivity contribution in [2.24, 2.45) is 5.84 Å². The Hall–Kier alpha value is -1.55. The van der Waals surface area contributed by atoms with Gasteiger partial charge in [-0.3, -0.25) is 11.3 Å². The summed E-state index contributed by atoms with van der Waals surface area (Å²) in [5.41, 5.74) is 4.99. The van der Waals surface area contributed by atoms with Gasteiger partial charge in [-0.05, 0) is 35.7 Å². The molecule has 1 atom stereocenters. The molecule has 0 aliphatic carbocycles. The molecule has 0 spiro atoms. The van der Waals surface area contributed by atoms with Crippen LogP contribution in [0, 0.1) is 0 Å². The van der Waals surface area contributed by atoms with Crippen LogP contribution in [-0.4, -0.2) is 7.11 Å². The Labute approximate surface area is 118 Å². The van der Waals surface area contributed by atoms with Crippen molar-refractivity contribution in [2.45, 2.75) is 12.5 Å². The molecule has 3 nitrogen and oxygen atoms in total. The number of rotatable bonds is 5. The molecule has 1 unspecified atom stereocenters. The summed E-state index contributed by atoms with van der Waals surface area (Å²) in [6.07, 6.45) is 0.768. The van der Waals surface area contributed by atoms with Crippen LogP contribution < -0.4 is 16.0 Å². The van der Waals surface area contributed by atoms with Crippen LogP contribution in [-0.2, 0) is 6.42 Å². The second-order valence-corrected chi connectivity index (χ2v) is 4.70. The zero-order valence-electron chi connectivity index (χ0n) is 10.8. The maximum Gasteiger partial charge on any atom is 0.118 e. The molecule has 0 radical (unpaired) electrons. The van der Waals surface area contributed by atoms with Gasteiger partial charge in [-0.2, -0.15) is 0 Å². The van der Waals surface area contributed by atoms with Gasteiger partial charge in [0.1, 0.15) is 5.75 Å². The Bertz CT molecular complexity index is 528. The van der Waals surface area contributed by atoms with Gasteiger partial charge in [0.2, 0.25) is 0 Å². The van der Waals surface area contributed by atoms with E-state index >= 15 is 0 Å². The lowest BCUT2D eigenvalue weighted by Gasteiger charge is -2.18. The molecule has 100 valence electrons. The lowest BCUT2D eigenvalue weighted by atomic mass is 9.99. The first-order valence-corrected chi connectivity index (χ1v) is 6.46. The first-order valence-electron chi connectivity index (χ1n) is 6.08. The fraction of sp³-hybridized carbons (Fsp3) is 0.200. The molecule has 2 rings (SSSR count). The number of ether oxygens (including phenoxy) is 1. The smallest absolute Gasteiger partial charge is 0.118 e. The molecule has 0 aliphatic rings. The topological polar surface area (TPSA) is 47.3 Å². The summed E-state index contributed by atoms with van der Waals surface area (Å²) in [5, 5.41) is 0.721. The van der Waals surface area contributed by atoms with Crippen molar-refractivity contribution in [2.75, 3.05) is 7.11 Å². The van der Waals surface area contributed by atoms with E-state index in [4.69, 9.17) is 22.2 Å². The number of hydrogen-bond acceptors (Lipinski definition) is 3. The van der Waals surface area contributed by atoms with Gasteiger partial charge in [-0.1, -0.05) is 41.9 Å². The van der Waals surface area contributed by atoms with Crippen LogP contribution in [0.15, 0.2) is 48.5 Å². The Morgan fingerprint density at radius 3 is 2.42 bits per heavy atom. The molecule has 4 heteroatoms. The number of nitrogens with one attached hydrogen (secondary N) is 1. The van der Waals surface area contributed by atoms with Crippen molar-refractivity contribution >= 4 is 11.6 Å². The first-order chi connectivity index (χ1) is 9.24. The summed E-state index contributed by atoms with van der Waals surface area (Å²) in [6, 6.07) is 15.6. The van der Waals surface area contributed by atoms with E-state index in [-0.39, 0.29) is 6.04 Å². The van der Waals surface area contributed by atoms with Crippen LogP contribution in [0.5, 0.6) is 5.75 Å². The summed E-state index contributed by atoms with van der Waals surface area (Å²) in [6.45, 7) is 0. The normalized spacial score (nSPS) is 12.2. The SMILES string of the molecule is COc1ccc(CC(NN)c2ccccc2Cl)cc1. The quantitative estimate of drug-likeness (QED) is 0.652. The number of methoxy groups -OCH3 is 1. The van der Waals surface area contributed by atoms with Gasteiger partial charge in [0.15, 0.2) is 0 Å². The molecular formula is C15H17ClN2O. The van der Waals surface area contributed by atoms with Crippen molar-refractivity contribution in [1.82, 2.24) is 5.43 Å². The van der Waals surface area contributed by atoms with Crippen LogP contribution in [0.2, 0.25) is 5.02 Å². The molecule has 2 aromatic carbocycles. The van der Waals surface area contributed by atoms with Gasteiger partial charge in [0, 0.05) is 5.02 Å². The second-order valence-electron chi connectivity index (χ2n) is 4.29. The van der Waals surface area contributed by atoms with Gasteiger partial charge < -0.3 is 4.74 Å². The highest BCUT2D eigenvalue weighted by Gasteiger charge is 2.13. The highest BCUT2D eigenvalue weighted by atomic mass is 35.5. The summed E-state index contributed by atoms with van der Waals surface area (Å²) >= 11 is 6.20. The molecular weight excluding hydrogens is 260 g/mol. The largest absolute Gasteiger partial charge is 0.497 e. The average Bonchev–Trinajstić information content (AvgIpc) is 2.46. The molecule has 0 heterocycles. The van der Waals surface area contributed by atoms with E-state index in [2.05, 4.69) is 5.43 Å². The second kappa shape index (κ2) is 6.57. The van der Waals surface area contributed by atoms with Crippen LogP contribution in [0.1, 0.15) is 17.2 Å². The predicted octanol–water partition coefficient (Wildman–Crippen LogP) is 3.10. The molecule has 0 aliphatic heterocycles. The Kier molecular flexibility index (Phi) is 4.80. The average molecular weight is 277 g/mol. The van der Waals surface area contributed by atoms with E-state index in [1.165, 1.54) is 5.56 Å². The highest BCUT2D eigenvalue weighted by Crippen LogP contribution is 2.25. The third-order valence-electron chi connectivity index (χ3n) is 3.08. The zero-order chi connectivity index (χ0) is 13.7. The standard InChI is InChI=1S/C15H17ClN2O/c1-19-12-8-6-11(7-9-12)10-15(18-17)13-4-2-3-5-14(13)16/h2-9,15,18H,10,17H2,1H3. The van der Waals surface area contributed by atoms with E-state index in [9.17, 15) is 0 Å². The van der Waals surface area contributed by atoms with Gasteiger partial charge in [0.05, 0.1) is 13.2 Å². The van der Waals surface area contributed by atoms with E-state index in [0.29, 0.717) is 0 Å². The van der Waals surface area contributed by atoms with Crippen LogP contribution in [0.25, 0.3) is 0 Å². The first kappa shape index (κ1) is 13.9. The van der Waals surface area contributed by atoms with Crippen molar-refractivity contribution in [3.63, 3.8) is 0 Å². The Morgan fingerprint density at radius 1 is 1.16 bits per heavy atom. The summed E-state index contributed by atoms with van der Waals surface area (Å²) in [5.74, 6) is 6.49. The Balaban J connectivity index is 2.17. The third-order valence-corrected chi connectivity index (χ3v) is 3.42. The highest BCUT2D eigenvalue weighted by molar-refractivity contribution is 6.31. The van der Waals surface area contributed by atoms with Crippen molar-refractivity contribution in [3.05, 3.63) is 64.7 Å². The minimum atomic E-state index is -0.0119. The maximum absolute atomic E-state index is 6.20. The van der Waals surface area contributed by atoms with Crippen LogP contribution >= 0.6 is 11.6 Å². The van der Waals surface area contributed by atoms with Gasteiger partial charge in [0.25, 0.3) is 0 Å². The van der Waals surface area contributed by atoms with Crippen LogP contribution in [0.4, 0.5) is 0 Å². The molecule has 3 N–H and O–H groups in total. The molecule has 19 heavy (non-hydrogen) atoms. The molecule has 2 aromatic rings. The van der Waals surface area contributed by atoms with Gasteiger partial charge >= 0.3 is 0 Å². The maximum atomic E-state index is 6.20. The summed E-state index contributed by atoms with van der Waals surface area (Å²) < 4.78 is 5.14. The third kappa shape index (κ3) is 3.47. The number of halogens is 1. The van der Waals surface area contributed by atoms with Gasteiger partial charge in [-0.25, -0.2) is 0 Å². The fourth-order valence-corrected chi connectivity index (χ4v) is 2.28. The zero-order valence-corrected chi connectivity index (χ0v) is 11.5. The van der Waals surface area contributed by atoms with E-state index in [1.54, 1.807) is 7.11 Å². The van der Waals surface area contributed by atoms with Crippen molar-refractivity contribution < 1.29 is 4.74 Å². The number of hydrogen-bond donors (Lipinski definition) is 2. The number of hydrazine groups is 1. The molecule has 0 saturated carbocycles. The minimum absolute atomic E-state index is 0.0119. The lowest BCUT2D eigenvalue weighted by molar-refractivity contribution is 0.414. The Morgan fingerprint density at radius 2 is 1.84 bits per heavy atom. The van der Waals surface area contributed by atoms with Crippen molar-refractivity contribution in [1.29, 1.82) is 0 Å². The van der Waals surface area contributed by atoms with E-state index in [0.717, 1.165) is 22.8 Å². The number of benzene rings is 2. The summed E-state index contributed by atoms with van der Waals surface area (Å²) in [7, 11) is 1.66. The fourth-order valence-electron chi connectivity index (χ4n) is 2.01. The molecule has 0 bridgehead atoms. The monoisotopic (exact) mass is 276 g/mol. The van der Waals surface area contributed by atoms with Crippen LogP contribution in [0.3, 0.4) is 0 Å². The molecule has 0 fully saturated rings. The van der Waals surface area contributed by atoms with Gasteiger partial charge in [-0.15, -0.1) is 0 Å². The van der Waals surface area contributed by atoms with E-state index in [1.807, 2.05) is 48.5 Å². The minimum Gasteiger partial charge on any atom is -0.497 e. The molecule has 0 amide bonds. The number of nitrogens with two attached hydrogens (primary N) is 1. The summed E-state index contributed by atoms with van der Waals surface area (Å²) in [4.78, 5) is 0.